The van der Waals surface area contributed by atoms with E-state index in [9.17, 15) is 13.6 Å². The fourth-order valence-corrected chi connectivity index (χ4v) is 3.30. The summed E-state index contributed by atoms with van der Waals surface area (Å²) in [6.45, 7) is 3.19. The zero-order valence-electron chi connectivity index (χ0n) is 17.6. The number of aromatic nitrogens is 1. The van der Waals surface area contributed by atoms with Gasteiger partial charge in [-0.2, -0.15) is 0 Å². The van der Waals surface area contributed by atoms with Crippen molar-refractivity contribution in [3.63, 3.8) is 0 Å². The summed E-state index contributed by atoms with van der Waals surface area (Å²) in [5.41, 5.74) is 1.22. The summed E-state index contributed by atoms with van der Waals surface area (Å²) in [4.78, 5) is 20.3. The largest absolute Gasteiger partial charge is 0.492 e. The molecule has 0 saturated carbocycles. The van der Waals surface area contributed by atoms with Crippen molar-refractivity contribution in [2.45, 2.75) is 25.8 Å². The summed E-state index contributed by atoms with van der Waals surface area (Å²) in [6.07, 6.45) is 1.37. The van der Waals surface area contributed by atoms with Crippen LogP contribution in [0.4, 0.5) is 19.3 Å². The van der Waals surface area contributed by atoms with Crippen molar-refractivity contribution in [3.8, 4) is 11.6 Å². The van der Waals surface area contributed by atoms with Crippen LogP contribution < -0.4 is 19.7 Å². The smallest absolute Gasteiger partial charge is 0.321 e. The molecule has 0 unspecified atom stereocenters. The highest BCUT2D eigenvalue weighted by atomic mass is 19.3. The van der Waals surface area contributed by atoms with Crippen molar-refractivity contribution in [1.29, 1.82) is 0 Å². The van der Waals surface area contributed by atoms with Crippen LogP contribution in [0.2, 0.25) is 0 Å². The normalized spacial score (nSPS) is 13.9. The third-order valence-electron chi connectivity index (χ3n) is 5.03. The first-order valence-corrected chi connectivity index (χ1v) is 10.3. The standard InChI is InChI=1S/C22H28F2N4O3/c1-27(18-6-8-19(9-7-18)30-14-13-28-11-2-3-12-28)22(29)26-15-17-5-4-10-25-21(17)31-16-20(23)24/h4-10,20H,2-3,11-16H2,1H3,(H,26,29). The Morgan fingerprint density at radius 3 is 2.65 bits per heavy atom. The number of halogens is 2. The van der Waals surface area contributed by atoms with Gasteiger partial charge in [0, 0.05) is 37.6 Å². The van der Waals surface area contributed by atoms with Gasteiger partial charge in [0.05, 0.1) is 0 Å². The number of hydrogen-bond acceptors (Lipinski definition) is 5. The Hall–Kier alpha value is -2.94. The Morgan fingerprint density at radius 2 is 1.94 bits per heavy atom. The molecule has 1 aromatic carbocycles. The SMILES string of the molecule is CN(C(=O)NCc1cccnc1OCC(F)F)c1ccc(OCCN2CCCC2)cc1. The number of ether oxygens (including phenoxy) is 2. The molecular weight excluding hydrogens is 406 g/mol. The van der Waals surface area contributed by atoms with Gasteiger partial charge < -0.3 is 14.8 Å². The first-order chi connectivity index (χ1) is 15.0. The van der Waals surface area contributed by atoms with Gasteiger partial charge in [-0.05, 0) is 56.3 Å². The van der Waals surface area contributed by atoms with E-state index in [1.807, 2.05) is 24.3 Å². The van der Waals surface area contributed by atoms with E-state index in [0.29, 0.717) is 17.9 Å². The lowest BCUT2D eigenvalue weighted by atomic mass is 10.2. The molecule has 1 N–H and O–H groups in total. The number of carbonyl (C=O) groups excluding carboxylic acids is 1. The van der Waals surface area contributed by atoms with Gasteiger partial charge in [0.1, 0.15) is 12.4 Å². The molecule has 7 nitrogen and oxygen atoms in total. The fourth-order valence-electron chi connectivity index (χ4n) is 3.30. The topological polar surface area (TPSA) is 66.9 Å². The lowest BCUT2D eigenvalue weighted by Crippen LogP contribution is -2.37. The van der Waals surface area contributed by atoms with E-state index in [4.69, 9.17) is 9.47 Å². The number of benzene rings is 1. The third kappa shape index (κ3) is 7.06. The summed E-state index contributed by atoms with van der Waals surface area (Å²) in [5.74, 6) is 0.842. The van der Waals surface area contributed by atoms with E-state index in [1.165, 1.54) is 23.9 Å². The average molecular weight is 434 g/mol. The van der Waals surface area contributed by atoms with Crippen molar-refractivity contribution in [3.05, 3.63) is 48.2 Å². The van der Waals surface area contributed by atoms with Gasteiger partial charge in [0.25, 0.3) is 6.43 Å². The summed E-state index contributed by atoms with van der Waals surface area (Å²) in [7, 11) is 1.65. The molecule has 2 amide bonds. The molecule has 0 bridgehead atoms. The second-order valence-corrected chi connectivity index (χ2v) is 7.28. The Balaban J connectivity index is 1.47. The second-order valence-electron chi connectivity index (χ2n) is 7.28. The highest BCUT2D eigenvalue weighted by Gasteiger charge is 2.14. The van der Waals surface area contributed by atoms with Crippen molar-refractivity contribution in [1.82, 2.24) is 15.2 Å². The number of pyridine rings is 1. The maximum Gasteiger partial charge on any atom is 0.321 e. The molecule has 2 aromatic rings. The molecule has 0 radical (unpaired) electrons. The van der Waals surface area contributed by atoms with E-state index in [-0.39, 0.29) is 18.5 Å². The minimum atomic E-state index is -2.59. The number of nitrogens with one attached hydrogen (secondary N) is 1. The molecule has 1 aliphatic heterocycles. The van der Waals surface area contributed by atoms with Gasteiger partial charge in [-0.15, -0.1) is 0 Å². The molecule has 1 saturated heterocycles. The van der Waals surface area contributed by atoms with Gasteiger partial charge in [-0.25, -0.2) is 18.6 Å². The zero-order valence-corrected chi connectivity index (χ0v) is 17.6. The van der Waals surface area contributed by atoms with Gasteiger partial charge in [-0.1, -0.05) is 6.07 Å². The molecule has 0 aliphatic carbocycles. The van der Waals surface area contributed by atoms with Crippen LogP contribution in [0.25, 0.3) is 0 Å². The van der Waals surface area contributed by atoms with E-state index < -0.39 is 13.0 Å². The molecule has 3 rings (SSSR count). The maximum absolute atomic E-state index is 12.5. The molecule has 9 heteroatoms. The lowest BCUT2D eigenvalue weighted by molar-refractivity contribution is 0.0790. The predicted octanol–water partition coefficient (Wildman–Crippen LogP) is 3.55. The number of alkyl halides is 2. The minimum Gasteiger partial charge on any atom is -0.492 e. The Morgan fingerprint density at radius 1 is 1.19 bits per heavy atom. The molecule has 0 spiro atoms. The van der Waals surface area contributed by atoms with Crippen LogP contribution in [0, 0.1) is 0 Å². The summed E-state index contributed by atoms with van der Waals surface area (Å²) in [6, 6.07) is 10.3. The number of rotatable bonds is 10. The van der Waals surface area contributed by atoms with Crippen LogP contribution in [0.3, 0.4) is 0 Å². The van der Waals surface area contributed by atoms with Crippen molar-refractivity contribution in [2.75, 3.05) is 44.8 Å². The molecule has 31 heavy (non-hydrogen) atoms. The monoisotopic (exact) mass is 434 g/mol. The van der Waals surface area contributed by atoms with Crippen LogP contribution in [-0.4, -0.2) is 62.2 Å². The molecule has 1 aromatic heterocycles. The second kappa shape index (κ2) is 11.5. The van der Waals surface area contributed by atoms with E-state index in [1.54, 1.807) is 19.2 Å². The molecule has 1 aliphatic rings. The van der Waals surface area contributed by atoms with Gasteiger partial charge in [0.2, 0.25) is 5.88 Å². The van der Waals surface area contributed by atoms with Gasteiger partial charge in [0.15, 0.2) is 6.61 Å². The number of hydrogen-bond donors (Lipinski definition) is 1. The Labute approximate surface area is 181 Å². The number of nitrogens with zero attached hydrogens (tertiary/aromatic N) is 3. The molecule has 1 fully saturated rings. The van der Waals surface area contributed by atoms with Gasteiger partial charge >= 0.3 is 6.03 Å². The number of anilines is 1. The summed E-state index contributed by atoms with van der Waals surface area (Å²) < 4.78 is 35.6. The zero-order chi connectivity index (χ0) is 22.1. The van der Waals surface area contributed by atoms with E-state index >= 15 is 0 Å². The number of urea groups is 1. The van der Waals surface area contributed by atoms with Crippen LogP contribution in [0.15, 0.2) is 42.6 Å². The number of likely N-dealkylation sites (tertiary alicyclic amines) is 1. The fraction of sp³-hybridized carbons (Fsp3) is 0.455. The molecule has 168 valence electrons. The van der Waals surface area contributed by atoms with E-state index in [2.05, 4.69) is 15.2 Å². The molecular formula is C22H28F2N4O3. The average Bonchev–Trinajstić information content (AvgIpc) is 3.30. The molecule has 2 heterocycles. The van der Waals surface area contributed by atoms with Crippen LogP contribution in [0.1, 0.15) is 18.4 Å². The third-order valence-corrected chi connectivity index (χ3v) is 5.03. The minimum absolute atomic E-state index is 0.0844. The van der Waals surface area contributed by atoms with Crippen molar-refractivity contribution in [2.24, 2.45) is 0 Å². The lowest BCUT2D eigenvalue weighted by Gasteiger charge is -2.19. The highest BCUT2D eigenvalue weighted by molar-refractivity contribution is 5.91. The summed E-state index contributed by atoms with van der Waals surface area (Å²) >= 11 is 0. The Kier molecular flexibility index (Phi) is 8.40. The van der Waals surface area contributed by atoms with Crippen LogP contribution >= 0.6 is 0 Å². The number of carbonyl (C=O) groups is 1. The van der Waals surface area contributed by atoms with Crippen LogP contribution in [0.5, 0.6) is 11.6 Å². The quantitative estimate of drug-likeness (QED) is 0.620. The maximum atomic E-state index is 12.5. The van der Waals surface area contributed by atoms with E-state index in [0.717, 1.165) is 25.4 Å². The summed E-state index contributed by atoms with van der Waals surface area (Å²) in [5, 5.41) is 2.75. The van der Waals surface area contributed by atoms with Crippen LogP contribution in [-0.2, 0) is 6.54 Å². The first-order valence-electron chi connectivity index (χ1n) is 10.3. The van der Waals surface area contributed by atoms with Gasteiger partial charge in [-0.3, -0.25) is 9.80 Å². The predicted molar refractivity (Wildman–Crippen MR) is 114 cm³/mol. The highest BCUT2D eigenvalue weighted by Crippen LogP contribution is 2.20. The molecule has 0 atom stereocenters. The first kappa shape index (κ1) is 22.7. The van der Waals surface area contributed by atoms with Crippen molar-refractivity contribution >= 4 is 11.7 Å². The number of amides is 2. The Bertz CT molecular complexity index is 830. The van der Waals surface area contributed by atoms with Crippen molar-refractivity contribution < 1.29 is 23.0 Å².